The zero-order valence-electron chi connectivity index (χ0n) is 8.16. The normalized spacial score (nSPS) is 10.0. The third kappa shape index (κ3) is 3.09. The van der Waals surface area contributed by atoms with Crippen molar-refractivity contribution < 1.29 is 14.7 Å². The van der Waals surface area contributed by atoms with Crippen LogP contribution in [0.15, 0.2) is 16.7 Å². The number of aryl methyl sites for hydroxylation is 1. The molecule has 5 nitrogen and oxygen atoms in total. The third-order valence-corrected chi connectivity index (χ3v) is 2.27. The van der Waals surface area contributed by atoms with Crippen LogP contribution in [-0.4, -0.2) is 28.1 Å². The number of halogens is 1. The van der Waals surface area contributed by atoms with Gasteiger partial charge in [0.15, 0.2) is 0 Å². The van der Waals surface area contributed by atoms with Gasteiger partial charge in [-0.25, -0.2) is 0 Å². The highest BCUT2D eigenvalue weighted by Crippen LogP contribution is 2.14. The quantitative estimate of drug-likeness (QED) is 0.863. The van der Waals surface area contributed by atoms with Crippen LogP contribution in [0, 0.1) is 0 Å². The molecule has 82 valence electrons. The fraction of sp³-hybridized carbons (Fsp3) is 0.333. The van der Waals surface area contributed by atoms with Crippen molar-refractivity contribution in [3.05, 3.63) is 22.4 Å². The number of carboxylic acid groups (broad SMARTS) is 1. The highest BCUT2D eigenvalue weighted by atomic mass is 79.9. The Bertz CT molecular complexity index is 387. The number of nitrogens with zero attached hydrogens (tertiary/aromatic N) is 1. The standard InChI is InChI=1S/C9H11BrN2O3/c1-2-12-5-6(10)3-7(12)9(15)11-4-8(13)14/h3,5H,2,4H2,1H3,(H,11,15)(H,13,14). The molecule has 0 aliphatic carbocycles. The summed E-state index contributed by atoms with van der Waals surface area (Å²) in [6, 6.07) is 1.65. The lowest BCUT2D eigenvalue weighted by atomic mass is 10.4. The van der Waals surface area contributed by atoms with Crippen molar-refractivity contribution in [2.45, 2.75) is 13.5 Å². The molecule has 0 unspecified atom stereocenters. The smallest absolute Gasteiger partial charge is 0.322 e. The molecule has 0 aromatic carbocycles. The van der Waals surface area contributed by atoms with Gasteiger partial charge in [0.2, 0.25) is 0 Å². The molecule has 0 atom stereocenters. The molecule has 1 aromatic heterocycles. The molecule has 0 saturated heterocycles. The SMILES string of the molecule is CCn1cc(Br)cc1C(=O)NCC(=O)O. The summed E-state index contributed by atoms with van der Waals surface area (Å²) >= 11 is 3.25. The molecule has 1 aromatic rings. The molecule has 2 N–H and O–H groups in total. The second-order valence-corrected chi connectivity index (χ2v) is 3.82. The van der Waals surface area contributed by atoms with Crippen LogP contribution in [0.5, 0.6) is 0 Å². The van der Waals surface area contributed by atoms with E-state index < -0.39 is 5.97 Å². The molecule has 0 aliphatic heterocycles. The minimum atomic E-state index is -1.06. The first kappa shape index (κ1) is 11.8. The molecule has 1 rings (SSSR count). The predicted molar refractivity (Wildman–Crippen MR) is 57.8 cm³/mol. The Hall–Kier alpha value is -1.30. The average Bonchev–Trinajstić information content (AvgIpc) is 2.56. The van der Waals surface area contributed by atoms with Gasteiger partial charge in [0, 0.05) is 17.2 Å². The Morgan fingerprint density at radius 2 is 2.27 bits per heavy atom. The van der Waals surface area contributed by atoms with Crippen LogP contribution >= 0.6 is 15.9 Å². The second kappa shape index (κ2) is 4.97. The van der Waals surface area contributed by atoms with Gasteiger partial charge in [-0.15, -0.1) is 0 Å². The van der Waals surface area contributed by atoms with E-state index in [1.165, 1.54) is 0 Å². The van der Waals surface area contributed by atoms with Crippen molar-refractivity contribution in [2.24, 2.45) is 0 Å². The maximum absolute atomic E-state index is 11.5. The average molecular weight is 275 g/mol. The summed E-state index contributed by atoms with van der Waals surface area (Å²) in [6.07, 6.45) is 1.77. The number of aromatic nitrogens is 1. The van der Waals surface area contributed by atoms with E-state index in [1.807, 2.05) is 6.92 Å². The summed E-state index contributed by atoms with van der Waals surface area (Å²) in [5.41, 5.74) is 0.450. The molecule has 6 heteroatoms. The molecule has 0 spiro atoms. The first-order valence-corrected chi connectivity index (χ1v) is 5.19. The fourth-order valence-electron chi connectivity index (χ4n) is 1.17. The van der Waals surface area contributed by atoms with Crippen LogP contribution in [0.25, 0.3) is 0 Å². The first-order valence-electron chi connectivity index (χ1n) is 4.40. The van der Waals surface area contributed by atoms with Gasteiger partial charge < -0.3 is 15.0 Å². The van der Waals surface area contributed by atoms with Crippen molar-refractivity contribution in [2.75, 3.05) is 6.54 Å². The number of hydrogen-bond donors (Lipinski definition) is 2. The Kier molecular flexibility index (Phi) is 3.90. The fourth-order valence-corrected chi connectivity index (χ4v) is 1.64. The summed E-state index contributed by atoms with van der Waals surface area (Å²) in [6.45, 7) is 2.19. The molecule has 0 radical (unpaired) electrons. The molecule has 1 amide bonds. The van der Waals surface area contributed by atoms with Gasteiger partial charge >= 0.3 is 5.97 Å². The van der Waals surface area contributed by atoms with Gasteiger partial charge in [0.05, 0.1) is 0 Å². The molecule has 1 heterocycles. The van der Waals surface area contributed by atoms with Crippen molar-refractivity contribution in [3.8, 4) is 0 Å². The van der Waals surface area contributed by atoms with E-state index in [1.54, 1.807) is 16.8 Å². The molecular weight excluding hydrogens is 264 g/mol. The Morgan fingerprint density at radius 1 is 1.60 bits per heavy atom. The highest BCUT2D eigenvalue weighted by molar-refractivity contribution is 9.10. The number of carboxylic acids is 1. The molecule has 0 saturated carbocycles. The number of hydrogen-bond acceptors (Lipinski definition) is 2. The van der Waals surface area contributed by atoms with Gasteiger partial charge in [0.1, 0.15) is 12.2 Å². The third-order valence-electron chi connectivity index (χ3n) is 1.84. The van der Waals surface area contributed by atoms with Gasteiger partial charge in [-0.1, -0.05) is 0 Å². The van der Waals surface area contributed by atoms with E-state index in [9.17, 15) is 9.59 Å². The highest BCUT2D eigenvalue weighted by Gasteiger charge is 2.12. The van der Waals surface area contributed by atoms with E-state index >= 15 is 0 Å². The van der Waals surface area contributed by atoms with Crippen LogP contribution in [0.1, 0.15) is 17.4 Å². The maximum atomic E-state index is 11.5. The van der Waals surface area contributed by atoms with Crippen LogP contribution < -0.4 is 5.32 Å². The Labute approximate surface area is 95.2 Å². The number of amides is 1. The molecular formula is C9H11BrN2O3. The van der Waals surface area contributed by atoms with Gasteiger partial charge in [-0.3, -0.25) is 9.59 Å². The van der Waals surface area contributed by atoms with Crippen LogP contribution in [0.2, 0.25) is 0 Å². The van der Waals surface area contributed by atoms with Crippen molar-refractivity contribution in [1.82, 2.24) is 9.88 Å². The summed E-state index contributed by atoms with van der Waals surface area (Å²) in [5, 5.41) is 10.7. The predicted octanol–water partition coefficient (Wildman–Crippen LogP) is 1.08. The number of aliphatic carboxylic acids is 1. The lowest BCUT2D eigenvalue weighted by molar-refractivity contribution is -0.135. The van der Waals surface area contributed by atoms with E-state index in [2.05, 4.69) is 21.2 Å². The van der Waals surface area contributed by atoms with Gasteiger partial charge in [0.25, 0.3) is 5.91 Å². The number of carbonyl (C=O) groups excluding carboxylic acids is 1. The van der Waals surface area contributed by atoms with Gasteiger partial charge in [-0.05, 0) is 28.9 Å². The Balaban J connectivity index is 2.76. The van der Waals surface area contributed by atoms with Crippen LogP contribution in [-0.2, 0) is 11.3 Å². The largest absolute Gasteiger partial charge is 0.480 e. The van der Waals surface area contributed by atoms with Crippen molar-refractivity contribution in [1.29, 1.82) is 0 Å². The summed E-state index contributed by atoms with van der Waals surface area (Å²) in [5.74, 6) is -1.44. The molecule has 0 aliphatic rings. The summed E-state index contributed by atoms with van der Waals surface area (Å²) in [7, 11) is 0. The number of rotatable bonds is 4. The van der Waals surface area contributed by atoms with E-state index in [0.717, 1.165) is 4.47 Å². The first-order chi connectivity index (χ1) is 7.04. The lowest BCUT2D eigenvalue weighted by Gasteiger charge is -2.05. The minimum Gasteiger partial charge on any atom is -0.480 e. The number of nitrogens with one attached hydrogen (secondary N) is 1. The molecule has 15 heavy (non-hydrogen) atoms. The zero-order valence-corrected chi connectivity index (χ0v) is 9.74. The topological polar surface area (TPSA) is 71.3 Å². The maximum Gasteiger partial charge on any atom is 0.322 e. The summed E-state index contributed by atoms with van der Waals surface area (Å²) < 4.78 is 2.53. The van der Waals surface area contributed by atoms with Crippen LogP contribution in [0.3, 0.4) is 0 Å². The molecule has 0 bridgehead atoms. The van der Waals surface area contributed by atoms with E-state index in [4.69, 9.17) is 5.11 Å². The Morgan fingerprint density at radius 3 is 2.80 bits per heavy atom. The van der Waals surface area contributed by atoms with Gasteiger partial charge in [-0.2, -0.15) is 0 Å². The molecule has 0 fully saturated rings. The minimum absolute atomic E-state index is 0.370. The monoisotopic (exact) mass is 274 g/mol. The van der Waals surface area contributed by atoms with E-state index in [-0.39, 0.29) is 12.5 Å². The number of carbonyl (C=O) groups is 2. The van der Waals surface area contributed by atoms with Crippen molar-refractivity contribution >= 4 is 27.8 Å². The zero-order chi connectivity index (χ0) is 11.4. The summed E-state index contributed by atoms with van der Waals surface area (Å²) in [4.78, 5) is 21.8. The second-order valence-electron chi connectivity index (χ2n) is 2.91. The lowest BCUT2D eigenvalue weighted by Crippen LogP contribution is -2.30. The van der Waals surface area contributed by atoms with E-state index in [0.29, 0.717) is 12.2 Å². The van der Waals surface area contributed by atoms with Crippen molar-refractivity contribution in [3.63, 3.8) is 0 Å². The van der Waals surface area contributed by atoms with Crippen LogP contribution in [0.4, 0.5) is 0 Å².